The monoisotopic (exact) mass is 480 g/mol. The summed E-state index contributed by atoms with van der Waals surface area (Å²) in [6, 6.07) is 16.9. The Morgan fingerprint density at radius 2 is 1.74 bits per heavy atom. The molecule has 5 nitrogen and oxygen atoms in total. The largest absolute Gasteiger partial charge is 0.497 e. The van der Waals surface area contributed by atoms with Crippen LogP contribution in [0.15, 0.2) is 64.8 Å². The van der Waals surface area contributed by atoms with Crippen molar-refractivity contribution < 1.29 is 23.7 Å². The number of rotatable bonds is 6. The first-order valence-electron chi connectivity index (χ1n) is 9.66. The molecule has 4 rings (SSSR count). The molecule has 1 aliphatic rings. The van der Waals surface area contributed by atoms with Crippen LogP contribution in [0, 0.1) is 6.92 Å². The second kappa shape index (κ2) is 8.86. The fourth-order valence-corrected chi connectivity index (χ4v) is 3.67. The summed E-state index contributed by atoms with van der Waals surface area (Å²) in [4.78, 5) is 13.0. The summed E-state index contributed by atoms with van der Waals surface area (Å²) in [5.74, 6) is 2.48. The quantitative estimate of drug-likeness (QED) is 0.406. The zero-order chi connectivity index (χ0) is 22.0. The Hall–Kier alpha value is -3.25. The average molecular weight is 481 g/mol. The SMILES string of the molecule is COc1ccc(OC)c(/C=C2\Oc3cc(OCc4ccc(Br)cc4)cc(C)c3C2=O)c1. The molecule has 0 N–H and O–H groups in total. The predicted octanol–water partition coefficient (Wildman–Crippen LogP) is 5.97. The van der Waals surface area contributed by atoms with E-state index in [4.69, 9.17) is 18.9 Å². The van der Waals surface area contributed by atoms with Gasteiger partial charge in [-0.25, -0.2) is 0 Å². The molecule has 0 amide bonds. The summed E-state index contributed by atoms with van der Waals surface area (Å²) in [7, 11) is 3.17. The highest BCUT2D eigenvalue weighted by Crippen LogP contribution is 2.38. The molecule has 0 spiro atoms. The van der Waals surface area contributed by atoms with E-state index >= 15 is 0 Å². The first-order chi connectivity index (χ1) is 15.0. The number of ether oxygens (including phenoxy) is 4. The number of fused-ring (bicyclic) bond motifs is 1. The molecular weight excluding hydrogens is 460 g/mol. The number of aryl methyl sites for hydroxylation is 1. The van der Waals surface area contributed by atoms with E-state index < -0.39 is 0 Å². The van der Waals surface area contributed by atoms with Crippen LogP contribution in [0.1, 0.15) is 27.0 Å². The number of ketones is 1. The Morgan fingerprint density at radius 3 is 2.45 bits per heavy atom. The highest BCUT2D eigenvalue weighted by molar-refractivity contribution is 9.10. The molecule has 3 aromatic rings. The van der Waals surface area contributed by atoms with Gasteiger partial charge in [0, 0.05) is 16.1 Å². The normalized spacial score (nSPS) is 13.7. The van der Waals surface area contributed by atoms with E-state index in [1.165, 1.54) is 0 Å². The second-order valence-corrected chi connectivity index (χ2v) is 7.99. The molecule has 0 atom stereocenters. The molecule has 3 aromatic carbocycles. The van der Waals surface area contributed by atoms with E-state index in [-0.39, 0.29) is 11.5 Å². The van der Waals surface area contributed by atoms with Gasteiger partial charge in [0.05, 0.1) is 19.8 Å². The molecule has 0 aliphatic carbocycles. The van der Waals surface area contributed by atoms with Crippen molar-refractivity contribution >= 4 is 27.8 Å². The number of carbonyl (C=O) groups excluding carboxylic acids is 1. The molecule has 158 valence electrons. The molecule has 0 fully saturated rings. The molecule has 0 radical (unpaired) electrons. The van der Waals surface area contributed by atoms with E-state index in [2.05, 4.69) is 15.9 Å². The van der Waals surface area contributed by atoms with Crippen LogP contribution in [-0.4, -0.2) is 20.0 Å². The molecule has 0 saturated carbocycles. The van der Waals surface area contributed by atoms with Gasteiger partial charge in [0.1, 0.15) is 29.6 Å². The first kappa shape index (κ1) is 21.0. The van der Waals surface area contributed by atoms with Gasteiger partial charge in [-0.3, -0.25) is 4.79 Å². The Bertz CT molecular complexity index is 1170. The summed E-state index contributed by atoms with van der Waals surface area (Å²) in [6.07, 6.45) is 1.67. The van der Waals surface area contributed by atoms with Crippen molar-refractivity contribution in [2.45, 2.75) is 13.5 Å². The number of Topliss-reactive ketones (excluding diaryl/α,β-unsaturated/α-hetero) is 1. The molecule has 31 heavy (non-hydrogen) atoms. The topological polar surface area (TPSA) is 54.0 Å². The summed E-state index contributed by atoms with van der Waals surface area (Å²) >= 11 is 3.43. The van der Waals surface area contributed by atoms with E-state index in [1.807, 2.05) is 37.3 Å². The lowest BCUT2D eigenvalue weighted by Gasteiger charge is -2.09. The maximum atomic E-state index is 13.0. The van der Waals surface area contributed by atoms with Gasteiger partial charge in [0.15, 0.2) is 5.76 Å². The zero-order valence-corrected chi connectivity index (χ0v) is 19.0. The van der Waals surface area contributed by atoms with Gasteiger partial charge in [0.2, 0.25) is 5.78 Å². The van der Waals surface area contributed by atoms with Crippen molar-refractivity contribution in [3.8, 4) is 23.0 Å². The van der Waals surface area contributed by atoms with Crippen LogP contribution < -0.4 is 18.9 Å². The average Bonchev–Trinajstić information content (AvgIpc) is 3.08. The third-order valence-corrected chi connectivity index (χ3v) is 5.51. The van der Waals surface area contributed by atoms with E-state index in [0.717, 1.165) is 15.6 Å². The smallest absolute Gasteiger partial charge is 0.232 e. The van der Waals surface area contributed by atoms with Crippen molar-refractivity contribution in [1.29, 1.82) is 0 Å². The van der Waals surface area contributed by atoms with Crippen molar-refractivity contribution in [3.63, 3.8) is 0 Å². The third-order valence-electron chi connectivity index (χ3n) is 4.99. The van der Waals surface area contributed by atoms with E-state index in [9.17, 15) is 4.79 Å². The van der Waals surface area contributed by atoms with Crippen LogP contribution in [0.3, 0.4) is 0 Å². The van der Waals surface area contributed by atoms with Gasteiger partial charge in [-0.1, -0.05) is 28.1 Å². The summed E-state index contributed by atoms with van der Waals surface area (Å²) in [6.45, 7) is 2.30. The molecular formula is C25H21BrO5. The molecule has 0 bridgehead atoms. The Balaban J connectivity index is 1.59. The highest BCUT2D eigenvalue weighted by Gasteiger charge is 2.30. The summed E-state index contributed by atoms with van der Waals surface area (Å²) in [5, 5.41) is 0. The number of allylic oxidation sites excluding steroid dienone is 1. The maximum absolute atomic E-state index is 13.0. The van der Waals surface area contributed by atoms with Crippen molar-refractivity contribution in [2.75, 3.05) is 14.2 Å². The van der Waals surface area contributed by atoms with Crippen LogP contribution in [0.4, 0.5) is 0 Å². The lowest BCUT2D eigenvalue weighted by atomic mass is 10.0. The Labute approximate surface area is 189 Å². The lowest BCUT2D eigenvalue weighted by Crippen LogP contribution is -2.00. The van der Waals surface area contributed by atoms with Crippen LogP contribution in [0.5, 0.6) is 23.0 Å². The lowest BCUT2D eigenvalue weighted by molar-refractivity contribution is 0.101. The molecule has 0 unspecified atom stereocenters. The first-order valence-corrected chi connectivity index (χ1v) is 10.5. The fourth-order valence-electron chi connectivity index (χ4n) is 3.40. The molecule has 6 heteroatoms. The van der Waals surface area contributed by atoms with Gasteiger partial charge < -0.3 is 18.9 Å². The third kappa shape index (κ3) is 4.44. The summed E-state index contributed by atoms with van der Waals surface area (Å²) in [5.41, 5.74) is 3.09. The minimum atomic E-state index is -0.170. The number of benzene rings is 3. The molecule has 1 aliphatic heterocycles. The van der Waals surface area contributed by atoms with Gasteiger partial charge in [0.25, 0.3) is 0 Å². The number of carbonyl (C=O) groups is 1. The number of methoxy groups -OCH3 is 2. The minimum absolute atomic E-state index is 0.170. The van der Waals surface area contributed by atoms with Gasteiger partial charge >= 0.3 is 0 Å². The van der Waals surface area contributed by atoms with E-state index in [0.29, 0.717) is 40.7 Å². The number of hydrogen-bond donors (Lipinski definition) is 0. The van der Waals surface area contributed by atoms with Crippen LogP contribution >= 0.6 is 15.9 Å². The summed E-state index contributed by atoms with van der Waals surface area (Å²) < 4.78 is 23.5. The van der Waals surface area contributed by atoms with Crippen LogP contribution in [0.2, 0.25) is 0 Å². The molecule has 0 saturated heterocycles. The van der Waals surface area contributed by atoms with Crippen LogP contribution in [-0.2, 0) is 6.61 Å². The van der Waals surface area contributed by atoms with Gasteiger partial charge in [-0.05, 0) is 60.5 Å². The number of halogens is 1. The van der Waals surface area contributed by atoms with Crippen molar-refractivity contribution in [2.24, 2.45) is 0 Å². The Kier molecular flexibility index (Phi) is 6.00. The van der Waals surface area contributed by atoms with Gasteiger partial charge in [-0.15, -0.1) is 0 Å². The van der Waals surface area contributed by atoms with E-state index in [1.54, 1.807) is 44.6 Å². The maximum Gasteiger partial charge on any atom is 0.232 e. The molecule has 1 heterocycles. The van der Waals surface area contributed by atoms with Gasteiger partial charge in [-0.2, -0.15) is 0 Å². The Morgan fingerprint density at radius 1 is 0.968 bits per heavy atom. The number of hydrogen-bond acceptors (Lipinski definition) is 5. The molecule has 0 aromatic heterocycles. The highest BCUT2D eigenvalue weighted by atomic mass is 79.9. The standard InChI is InChI=1S/C25H21BrO5/c1-15-10-20(30-14-16-4-6-18(26)7-5-16)13-22-24(15)25(27)23(31-22)12-17-11-19(28-2)8-9-21(17)29-3/h4-13H,14H2,1-3H3/b23-12-. The zero-order valence-electron chi connectivity index (χ0n) is 17.4. The second-order valence-electron chi connectivity index (χ2n) is 7.08. The van der Waals surface area contributed by atoms with Crippen molar-refractivity contribution in [3.05, 3.63) is 87.1 Å². The van der Waals surface area contributed by atoms with Crippen LogP contribution in [0.25, 0.3) is 6.08 Å². The minimum Gasteiger partial charge on any atom is -0.497 e. The van der Waals surface area contributed by atoms with Crippen molar-refractivity contribution in [1.82, 2.24) is 0 Å². The predicted molar refractivity (Wildman–Crippen MR) is 122 cm³/mol. The fraction of sp³-hybridized carbons (Fsp3) is 0.160.